The maximum Gasteiger partial charge on any atom is 0.319 e. The number of nitrogens with zero attached hydrogens (tertiary/aromatic N) is 3. The van der Waals surface area contributed by atoms with Crippen molar-refractivity contribution in [2.45, 2.75) is 31.7 Å². The number of urea groups is 1. The average molecular weight is 405 g/mol. The first-order chi connectivity index (χ1) is 13.5. The summed E-state index contributed by atoms with van der Waals surface area (Å²) >= 11 is 1.63. The van der Waals surface area contributed by atoms with Crippen LogP contribution in [0.5, 0.6) is 0 Å². The van der Waals surface area contributed by atoms with Gasteiger partial charge in [-0.25, -0.2) is 9.78 Å². The number of amides is 3. The van der Waals surface area contributed by atoms with E-state index < -0.39 is 0 Å². The highest BCUT2D eigenvalue weighted by Gasteiger charge is 2.26. The van der Waals surface area contributed by atoms with Crippen molar-refractivity contribution >= 4 is 33.5 Å². The highest BCUT2D eigenvalue weighted by atomic mass is 32.1. The number of carbonyl (C=O) groups excluding carboxylic acids is 2. The average Bonchev–Trinajstić information content (AvgIpc) is 3.13. The Kier molecular flexibility index (Phi) is 7.22. The third kappa shape index (κ3) is 5.42. The number of para-hydroxylation sites is 1. The van der Waals surface area contributed by atoms with Gasteiger partial charge in [0.15, 0.2) is 0 Å². The number of hydrogen-bond acceptors (Lipinski definition) is 5. The van der Waals surface area contributed by atoms with E-state index >= 15 is 0 Å². The van der Waals surface area contributed by atoms with Gasteiger partial charge in [0.1, 0.15) is 0 Å². The van der Waals surface area contributed by atoms with Gasteiger partial charge in [-0.2, -0.15) is 0 Å². The number of rotatable bonds is 7. The molecule has 7 nitrogen and oxygen atoms in total. The molecule has 28 heavy (non-hydrogen) atoms. The van der Waals surface area contributed by atoms with Gasteiger partial charge in [0.05, 0.1) is 15.2 Å². The molecule has 0 radical (unpaired) electrons. The van der Waals surface area contributed by atoms with Crippen molar-refractivity contribution in [2.75, 3.05) is 40.4 Å². The zero-order valence-corrected chi connectivity index (χ0v) is 17.3. The molecule has 0 atom stereocenters. The van der Waals surface area contributed by atoms with Crippen molar-refractivity contribution in [2.24, 2.45) is 0 Å². The summed E-state index contributed by atoms with van der Waals surface area (Å²) in [6.07, 6.45) is 2.71. The lowest BCUT2D eigenvalue weighted by Crippen LogP contribution is -2.50. The fraction of sp³-hybridized carbons (Fsp3) is 0.550. The van der Waals surface area contributed by atoms with Gasteiger partial charge in [-0.3, -0.25) is 4.79 Å². The summed E-state index contributed by atoms with van der Waals surface area (Å²) in [7, 11) is 3.51. The molecule has 0 spiro atoms. The van der Waals surface area contributed by atoms with E-state index in [-0.39, 0.29) is 18.0 Å². The molecule has 2 aromatic rings. The predicted octanol–water partition coefficient (Wildman–Crippen LogP) is 2.51. The van der Waals surface area contributed by atoms with Crippen LogP contribution in [0.3, 0.4) is 0 Å². The highest BCUT2D eigenvalue weighted by Crippen LogP contribution is 2.22. The molecule has 3 amide bonds. The van der Waals surface area contributed by atoms with Gasteiger partial charge in [0, 0.05) is 59.3 Å². The van der Waals surface area contributed by atoms with Gasteiger partial charge in [0.2, 0.25) is 5.91 Å². The number of benzene rings is 1. The van der Waals surface area contributed by atoms with Gasteiger partial charge < -0.3 is 19.9 Å². The van der Waals surface area contributed by atoms with Crippen LogP contribution in [-0.2, 0) is 16.0 Å². The second-order valence-corrected chi connectivity index (χ2v) is 8.25. The normalized spacial score (nSPS) is 14.8. The summed E-state index contributed by atoms with van der Waals surface area (Å²) in [4.78, 5) is 32.7. The van der Waals surface area contributed by atoms with E-state index in [4.69, 9.17) is 4.74 Å². The Hall–Kier alpha value is -2.19. The second-order valence-electron chi connectivity index (χ2n) is 7.14. The lowest BCUT2D eigenvalue weighted by atomic mass is 10.1. The van der Waals surface area contributed by atoms with E-state index in [1.54, 1.807) is 30.3 Å². The van der Waals surface area contributed by atoms with Gasteiger partial charge in [0.25, 0.3) is 0 Å². The largest absolute Gasteiger partial charge is 0.381 e. The van der Waals surface area contributed by atoms with Crippen molar-refractivity contribution in [1.29, 1.82) is 0 Å². The molecule has 3 rings (SSSR count). The Balaban J connectivity index is 1.46. The molecule has 152 valence electrons. The highest BCUT2D eigenvalue weighted by molar-refractivity contribution is 7.18. The van der Waals surface area contributed by atoms with Crippen molar-refractivity contribution in [3.05, 3.63) is 29.3 Å². The first-order valence-corrected chi connectivity index (χ1v) is 10.5. The Morgan fingerprint density at radius 3 is 2.71 bits per heavy atom. The zero-order valence-electron chi connectivity index (χ0n) is 16.5. The first-order valence-electron chi connectivity index (χ1n) is 9.71. The summed E-state index contributed by atoms with van der Waals surface area (Å²) < 4.78 is 6.55. The number of fused-ring (bicyclic) bond motifs is 1. The van der Waals surface area contributed by atoms with Crippen LogP contribution in [0.2, 0.25) is 0 Å². The minimum atomic E-state index is -0.0179. The SMILES string of the molecule is CN(C)C(=O)N(CCNC(=O)CCc1nc2ccccc2s1)C1CCOCC1. The predicted molar refractivity (Wildman–Crippen MR) is 111 cm³/mol. The van der Waals surface area contributed by atoms with E-state index in [0.29, 0.717) is 39.1 Å². The zero-order chi connectivity index (χ0) is 19.9. The van der Waals surface area contributed by atoms with E-state index in [0.717, 1.165) is 28.1 Å². The van der Waals surface area contributed by atoms with Crippen LogP contribution in [-0.4, -0.2) is 73.2 Å². The summed E-state index contributed by atoms with van der Waals surface area (Å²) in [5.41, 5.74) is 0.984. The molecule has 1 aromatic heterocycles. The fourth-order valence-electron chi connectivity index (χ4n) is 3.34. The molecule has 0 bridgehead atoms. The minimum Gasteiger partial charge on any atom is -0.381 e. The number of aryl methyl sites for hydroxylation is 1. The maximum absolute atomic E-state index is 12.5. The van der Waals surface area contributed by atoms with Gasteiger partial charge in [-0.05, 0) is 25.0 Å². The third-order valence-electron chi connectivity index (χ3n) is 4.84. The molecule has 0 aliphatic carbocycles. The summed E-state index contributed by atoms with van der Waals surface area (Å²) in [6.45, 7) is 2.32. The standard InChI is InChI=1S/C20H28N4O3S/c1-23(2)20(26)24(15-9-13-27-14-10-15)12-11-21-18(25)7-8-19-22-16-5-3-4-6-17(16)28-19/h3-6,15H,7-14H2,1-2H3,(H,21,25). The van der Waals surface area contributed by atoms with Gasteiger partial charge in [-0.15, -0.1) is 11.3 Å². The van der Waals surface area contributed by atoms with Crippen LogP contribution in [0.1, 0.15) is 24.3 Å². The van der Waals surface area contributed by atoms with E-state index in [9.17, 15) is 9.59 Å². The molecule has 0 unspecified atom stereocenters. The molecule has 0 saturated carbocycles. The quantitative estimate of drug-likeness (QED) is 0.769. The minimum absolute atomic E-state index is 0.0107. The van der Waals surface area contributed by atoms with E-state index in [1.165, 1.54) is 0 Å². The fourth-order valence-corrected chi connectivity index (χ4v) is 4.31. The number of hydrogen-bond donors (Lipinski definition) is 1. The number of nitrogens with one attached hydrogen (secondary N) is 1. The van der Waals surface area contributed by atoms with Crippen molar-refractivity contribution in [3.8, 4) is 0 Å². The molecule has 1 aromatic carbocycles. The van der Waals surface area contributed by atoms with Crippen LogP contribution in [0, 0.1) is 0 Å². The molecule has 1 aliphatic heterocycles. The monoisotopic (exact) mass is 404 g/mol. The summed E-state index contributed by atoms with van der Waals surface area (Å²) in [6, 6.07) is 8.15. The second kappa shape index (κ2) is 9.84. The lowest BCUT2D eigenvalue weighted by Gasteiger charge is -2.36. The summed E-state index contributed by atoms with van der Waals surface area (Å²) in [5.74, 6) is -0.0107. The van der Waals surface area contributed by atoms with E-state index in [1.807, 2.05) is 29.2 Å². The molecule has 1 saturated heterocycles. The van der Waals surface area contributed by atoms with Crippen LogP contribution in [0.25, 0.3) is 10.2 Å². The number of carbonyl (C=O) groups is 2. The Labute approximate surface area is 169 Å². The topological polar surface area (TPSA) is 74.8 Å². The summed E-state index contributed by atoms with van der Waals surface area (Å²) in [5, 5.41) is 3.92. The number of thiazole rings is 1. The number of aromatic nitrogens is 1. The van der Waals surface area contributed by atoms with Crippen molar-refractivity contribution < 1.29 is 14.3 Å². The molecule has 1 fully saturated rings. The molecular formula is C20H28N4O3S. The maximum atomic E-state index is 12.5. The van der Waals surface area contributed by atoms with Gasteiger partial charge >= 0.3 is 6.03 Å². The smallest absolute Gasteiger partial charge is 0.319 e. The Morgan fingerprint density at radius 2 is 2.00 bits per heavy atom. The number of ether oxygens (including phenoxy) is 1. The van der Waals surface area contributed by atoms with Crippen LogP contribution in [0.4, 0.5) is 4.79 Å². The molecule has 1 N–H and O–H groups in total. The van der Waals surface area contributed by atoms with Crippen molar-refractivity contribution in [3.63, 3.8) is 0 Å². The molecule has 1 aliphatic rings. The lowest BCUT2D eigenvalue weighted by molar-refractivity contribution is -0.121. The van der Waals surface area contributed by atoms with Crippen LogP contribution in [0.15, 0.2) is 24.3 Å². The van der Waals surface area contributed by atoms with Crippen LogP contribution < -0.4 is 5.32 Å². The van der Waals surface area contributed by atoms with Crippen molar-refractivity contribution in [1.82, 2.24) is 20.1 Å². The molecular weight excluding hydrogens is 376 g/mol. The van der Waals surface area contributed by atoms with Crippen LogP contribution >= 0.6 is 11.3 Å². The first kappa shape index (κ1) is 20.5. The molecule has 2 heterocycles. The third-order valence-corrected chi connectivity index (χ3v) is 5.94. The van der Waals surface area contributed by atoms with E-state index in [2.05, 4.69) is 10.3 Å². The van der Waals surface area contributed by atoms with Gasteiger partial charge in [-0.1, -0.05) is 12.1 Å². The Morgan fingerprint density at radius 1 is 1.25 bits per heavy atom. The Bertz CT molecular complexity index is 769. The molecule has 8 heteroatoms.